The molecule has 132 valence electrons. The molecule has 0 saturated heterocycles. The zero-order valence-corrected chi connectivity index (χ0v) is 14.9. The molecule has 3 aromatic rings. The topological polar surface area (TPSA) is 81.6 Å². The molecular formula is C17H11ClF2N4OS. The Morgan fingerprint density at radius 3 is 2.77 bits per heavy atom. The molecule has 5 nitrogen and oxygen atoms in total. The van der Waals surface area contributed by atoms with Crippen LogP contribution in [0.1, 0.15) is 12.5 Å². The maximum Gasteiger partial charge on any atom is 0.237 e. The van der Waals surface area contributed by atoms with Crippen LogP contribution in [0.2, 0.25) is 5.02 Å². The van der Waals surface area contributed by atoms with Gasteiger partial charge in [0.05, 0.1) is 26.9 Å². The van der Waals surface area contributed by atoms with Gasteiger partial charge in [-0.3, -0.25) is 4.79 Å². The van der Waals surface area contributed by atoms with Crippen LogP contribution in [0.15, 0.2) is 35.5 Å². The number of thioether (sulfide) groups is 1. The van der Waals surface area contributed by atoms with Gasteiger partial charge in [0.15, 0.2) is 16.8 Å². The van der Waals surface area contributed by atoms with E-state index in [2.05, 4.69) is 15.3 Å². The third-order valence-electron chi connectivity index (χ3n) is 3.52. The van der Waals surface area contributed by atoms with E-state index in [1.54, 1.807) is 13.0 Å². The molecule has 0 bridgehead atoms. The fraction of sp³-hybridized carbons (Fsp3) is 0.118. The smallest absolute Gasteiger partial charge is 0.237 e. The number of nitrogens with zero attached hydrogens (tertiary/aromatic N) is 2. The van der Waals surface area contributed by atoms with Gasteiger partial charge < -0.3 is 10.3 Å². The van der Waals surface area contributed by atoms with E-state index in [-0.39, 0.29) is 16.4 Å². The quantitative estimate of drug-likeness (QED) is 0.641. The Bertz CT molecular complexity index is 1010. The predicted molar refractivity (Wildman–Crippen MR) is 96.1 cm³/mol. The summed E-state index contributed by atoms with van der Waals surface area (Å²) >= 11 is 7.05. The molecule has 0 saturated carbocycles. The van der Waals surface area contributed by atoms with Crippen molar-refractivity contribution >= 4 is 46.0 Å². The van der Waals surface area contributed by atoms with Crippen LogP contribution in [0.3, 0.4) is 0 Å². The Balaban J connectivity index is 1.71. The van der Waals surface area contributed by atoms with Gasteiger partial charge >= 0.3 is 0 Å². The number of anilines is 1. The standard InChI is InChI=1S/C17H11ClF2N4OS/c1-8(16(25)22-10-3-2-9(7-21)11(18)4-10)26-17-23-14-5-12(19)13(20)6-15(14)24-17/h2-6,8H,1H3,(H,22,25)(H,23,24). The van der Waals surface area contributed by atoms with Crippen LogP contribution in [0.4, 0.5) is 14.5 Å². The molecule has 3 rings (SSSR count). The van der Waals surface area contributed by atoms with E-state index in [0.29, 0.717) is 21.9 Å². The molecule has 1 aromatic heterocycles. The van der Waals surface area contributed by atoms with Crippen LogP contribution in [0.5, 0.6) is 0 Å². The molecule has 2 aromatic carbocycles. The van der Waals surface area contributed by atoms with E-state index in [0.717, 1.165) is 23.9 Å². The summed E-state index contributed by atoms with van der Waals surface area (Å²) in [5, 5.41) is 11.6. The van der Waals surface area contributed by atoms with Crippen molar-refractivity contribution < 1.29 is 13.6 Å². The van der Waals surface area contributed by atoms with Crippen molar-refractivity contribution in [3.05, 3.63) is 52.6 Å². The first-order valence-electron chi connectivity index (χ1n) is 7.39. The first-order valence-corrected chi connectivity index (χ1v) is 8.65. The SMILES string of the molecule is CC(Sc1nc2cc(F)c(F)cc2[nH]1)C(=O)Nc1ccc(C#N)c(Cl)c1. The van der Waals surface area contributed by atoms with E-state index >= 15 is 0 Å². The number of carbonyl (C=O) groups is 1. The number of fused-ring (bicyclic) bond motifs is 1. The molecule has 1 heterocycles. The van der Waals surface area contributed by atoms with E-state index < -0.39 is 16.9 Å². The lowest BCUT2D eigenvalue weighted by Gasteiger charge is -2.11. The molecular weight excluding hydrogens is 382 g/mol. The largest absolute Gasteiger partial charge is 0.333 e. The number of rotatable bonds is 4. The maximum absolute atomic E-state index is 13.3. The van der Waals surface area contributed by atoms with Crippen molar-refractivity contribution in [2.75, 3.05) is 5.32 Å². The predicted octanol–water partition coefficient (Wildman–Crippen LogP) is 4.49. The lowest BCUT2D eigenvalue weighted by molar-refractivity contribution is -0.115. The molecule has 9 heteroatoms. The summed E-state index contributed by atoms with van der Waals surface area (Å²) in [4.78, 5) is 19.3. The van der Waals surface area contributed by atoms with Gasteiger partial charge in [-0.1, -0.05) is 23.4 Å². The number of aromatic amines is 1. The number of hydrogen-bond donors (Lipinski definition) is 2. The van der Waals surface area contributed by atoms with Crippen LogP contribution >= 0.6 is 23.4 Å². The third kappa shape index (κ3) is 3.79. The van der Waals surface area contributed by atoms with Crippen molar-refractivity contribution in [1.29, 1.82) is 5.26 Å². The number of amides is 1. The molecule has 2 N–H and O–H groups in total. The third-order valence-corrected chi connectivity index (χ3v) is 4.81. The Morgan fingerprint density at radius 1 is 1.35 bits per heavy atom. The van der Waals surface area contributed by atoms with E-state index in [9.17, 15) is 13.6 Å². The number of carbonyl (C=O) groups excluding carboxylic acids is 1. The maximum atomic E-state index is 13.3. The molecule has 0 aliphatic rings. The van der Waals surface area contributed by atoms with Crippen LogP contribution in [0.25, 0.3) is 11.0 Å². The Hall–Kier alpha value is -2.63. The second-order valence-corrected chi connectivity index (χ2v) is 7.12. The lowest BCUT2D eigenvalue weighted by Crippen LogP contribution is -2.22. The van der Waals surface area contributed by atoms with Gasteiger partial charge in [0.25, 0.3) is 0 Å². The Labute approximate surface area is 156 Å². The molecule has 0 aliphatic carbocycles. The second-order valence-electron chi connectivity index (χ2n) is 5.38. The van der Waals surface area contributed by atoms with Crippen LogP contribution in [-0.2, 0) is 4.79 Å². The van der Waals surface area contributed by atoms with Crippen molar-refractivity contribution in [2.45, 2.75) is 17.3 Å². The molecule has 1 unspecified atom stereocenters. The van der Waals surface area contributed by atoms with Gasteiger partial charge in [0.1, 0.15) is 6.07 Å². The summed E-state index contributed by atoms with van der Waals surface area (Å²) in [6.07, 6.45) is 0. The van der Waals surface area contributed by atoms with Crippen molar-refractivity contribution in [1.82, 2.24) is 9.97 Å². The Kier molecular flexibility index (Phi) is 5.11. The number of imidazole rings is 1. The molecule has 0 fully saturated rings. The first-order chi connectivity index (χ1) is 12.4. The van der Waals surface area contributed by atoms with Crippen LogP contribution in [0, 0.1) is 23.0 Å². The van der Waals surface area contributed by atoms with Crippen molar-refractivity contribution in [3.8, 4) is 6.07 Å². The number of benzene rings is 2. The normalized spacial score (nSPS) is 12.0. The van der Waals surface area contributed by atoms with Crippen molar-refractivity contribution in [2.24, 2.45) is 0 Å². The summed E-state index contributed by atoms with van der Waals surface area (Å²) in [5.41, 5.74) is 1.39. The average Bonchev–Trinajstić information content (AvgIpc) is 2.96. The van der Waals surface area contributed by atoms with E-state index in [1.807, 2.05) is 6.07 Å². The minimum Gasteiger partial charge on any atom is -0.333 e. The fourth-order valence-corrected chi connectivity index (χ4v) is 3.23. The molecule has 0 radical (unpaired) electrons. The lowest BCUT2D eigenvalue weighted by atomic mass is 10.2. The van der Waals surface area contributed by atoms with Gasteiger partial charge in [-0.25, -0.2) is 13.8 Å². The van der Waals surface area contributed by atoms with E-state index in [4.69, 9.17) is 16.9 Å². The molecule has 0 spiro atoms. The van der Waals surface area contributed by atoms with E-state index in [1.165, 1.54) is 12.1 Å². The highest BCUT2D eigenvalue weighted by molar-refractivity contribution is 8.00. The fourth-order valence-electron chi connectivity index (χ4n) is 2.19. The van der Waals surface area contributed by atoms with Gasteiger partial charge in [-0.05, 0) is 25.1 Å². The zero-order chi connectivity index (χ0) is 18.8. The second kappa shape index (κ2) is 7.32. The van der Waals surface area contributed by atoms with Crippen LogP contribution in [-0.4, -0.2) is 21.1 Å². The van der Waals surface area contributed by atoms with Gasteiger partial charge in [-0.2, -0.15) is 5.26 Å². The minimum atomic E-state index is -0.982. The molecule has 1 amide bonds. The Morgan fingerprint density at radius 2 is 2.08 bits per heavy atom. The number of aromatic nitrogens is 2. The number of nitriles is 1. The highest BCUT2D eigenvalue weighted by atomic mass is 35.5. The summed E-state index contributed by atoms with van der Waals surface area (Å²) in [6.45, 7) is 1.67. The summed E-state index contributed by atoms with van der Waals surface area (Å²) in [5.74, 6) is -2.26. The average molecular weight is 393 g/mol. The molecule has 1 atom stereocenters. The van der Waals surface area contributed by atoms with Gasteiger partial charge in [0, 0.05) is 17.8 Å². The number of hydrogen-bond acceptors (Lipinski definition) is 4. The molecule has 0 aliphatic heterocycles. The van der Waals surface area contributed by atoms with Crippen molar-refractivity contribution in [3.63, 3.8) is 0 Å². The number of H-pyrrole nitrogens is 1. The highest BCUT2D eigenvalue weighted by Gasteiger charge is 2.18. The highest BCUT2D eigenvalue weighted by Crippen LogP contribution is 2.26. The monoisotopic (exact) mass is 392 g/mol. The zero-order valence-electron chi connectivity index (χ0n) is 13.3. The first kappa shape index (κ1) is 18.2. The minimum absolute atomic E-state index is 0.243. The summed E-state index contributed by atoms with van der Waals surface area (Å²) < 4.78 is 26.5. The van der Waals surface area contributed by atoms with Crippen LogP contribution < -0.4 is 5.32 Å². The summed E-state index contributed by atoms with van der Waals surface area (Å²) in [6, 6.07) is 8.53. The number of nitrogens with one attached hydrogen (secondary N) is 2. The molecule has 26 heavy (non-hydrogen) atoms. The summed E-state index contributed by atoms with van der Waals surface area (Å²) in [7, 11) is 0. The van der Waals surface area contributed by atoms with Gasteiger partial charge in [0.2, 0.25) is 5.91 Å². The number of halogens is 3. The van der Waals surface area contributed by atoms with Gasteiger partial charge in [-0.15, -0.1) is 0 Å².